The maximum Gasteiger partial charge on any atom is 0.222 e. The normalized spacial score (nSPS) is 15.5. The Morgan fingerprint density at radius 3 is 2.61 bits per heavy atom. The van der Waals surface area contributed by atoms with Crippen molar-refractivity contribution in [1.29, 1.82) is 0 Å². The molecule has 0 aliphatic carbocycles. The smallest absolute Gasteiger partial charge is 0.222 e. The van der Waals surface area contributed by atoms with Gasteiger partial charge < -0.3 is 19.7 Å². The number of nitrogens with zero attached hydrogens (tertiary/aromatic N) is 1. The van der Waals surface area contributed by atoms with Crippen LogP contribution in [0.3, 0.4) is 0 Å². The summed E-state index contributed by atoms with van der Waals surface area (Å²) in [7, 11) is 5.28. The first kappa shape index (κ1) is 17.6. The van der Waals surface area contributed by atoms with Gasteiger partial charge in [-0.3, -0.25) is 4.79 Å². The molecule has 1 aromatic carbocycles. The molecule has 23 heavy (non-hydrogen) atoms. The van der Waals surface area contributed by atoms with Crippen LogP contribution in [-0.4, -0.2) is 51.7 Å². The molecule has 0 saturated carbocycles. The molecule has 5 heteroatoms. The number of rotatable bonds is 7. The Morgan fingerprint density at radius 1 is 1.26 bits per heavy atom. The van der Waals surface area contributed by atoms with Gasteiger partial charge in [-0.05, 0) is 62.5 Å². The second-order valence-electron chi connectivity index (χ2n) is 6.06. The van der Waals surface area contributed by atoms with E-state index in [1.54, 1.807) is 14.2 Å². The van der Waals surface area contributed by atoms with E-state index in [1.807, 2.05) is 30.1 Å². The van der Waals surface area contributed by atoms with Gasteiger partial charge in [0.05, 0.1) is 14.2 Å². The number of hydrogen-bond donors (Lipinski definition) is 1. The maximum atomic E-state index is 12.4. The van der Waals surface area contributed by atoms with Gasteiger partial charge in [0.25, 0.3) is 0 Å². The maximum absolute atomic E-state index is 12.4. The number of likely N-dealkylation sites (tertiary alicyclic amines) is 1. The van der Waals surface area contributed by atoms with E-state index in [9.17, 15) is 4.79 Å². The second-order valence-corrected chi connectivity index (χ2v) is 6.06. The summed E-state index contributed by atoms with van der Waals surface area (Å²) in [5.74, 6) is 2.53. The lowest BCUT2D eigenvalue weighted by molar-refractivity contribution is -0.132. The molecule has 0 radical (unpaired) electrons. The van der Waals surface area contributed by atoms with Crippen LogP contribution in [0.15, 0.2) is 18.2 Å². The fraction of sp³-hybridized carbons (Fsp3) is 0.611. The summed E-state index contributed by atoms with van der Waals surface area (Å²) < 4.78 is 10.6. The zero-order chi connectivity index (χ0) is 16.7. The van der Waals surface area contributed by atoms with Gasteiger partial charge in [0.1, 0.15) is 11.5 Å². The number of methoxy groups -OCH3 is 2. The summed E-state index contributed by atoms with van der Waals surface area (Å²) in [6.45, 7) is 2.80. The Balaban J connectivity index is 1.87. The quantitative estimate of drug-likeness (QED) is 0.836. The zero-order valence-corrected chi connectivity index (χ0v) is 14.4. The van der Waals surface area contributed by atoms with Crippen molar-refractivity contribution in [2.75, 3.05) is 40.9 Å². The van der Waals surface area contributed by atoms with Gasteiger partial charge >= 0.3 is 0 Å². The molecule has 2 rings (SSSR count). The van der Waals surface area contributed by atoms with E-state index in [1.165, 1.54) is 0 Å². The van der Waals surface area contributed by atoms with Crippen molar-refractivity contribution in [3.8, 4) is 11.5 Å². The van der Waals surface area contributed by atoms with Crippen LogP contribution in [-0.2, 0) is 11.2 Å². The number of carbonyl (C=O) groups excluding carboxylic acids is 1. The summed E-state index contributed by atoms with van der Waals surface area (Å²) in [6.07, 6.45) is 3.37. The van der Waals surface area contributed by atoms with Crippen molar-refractivity contribution in [2.24, 2.45) is 5.92 Å². The SMILES string of the molecule is CNCC1CCN(C(=O)CCc2cc(OC)ccc2OC)CC1. The molecule has 1 aromatic rings. The van der Waals surface area contributed by atoms with Crippen molar-refractivity contribution in [1.82, 2.24) is 10.2 Å². The summed E-state index contributed by atoms with van der Waals surface area (Å²) in [5, 5.41) is 3.22. The van der Waals surface area contributed by atoms with E-state index in [0.717, 1.165) is 49.5 Å². The minimum atomic E-state index is 0.234. The molecule has 128 valence electrons. The lowest BCUT2D eigenvalue weighted by Gasteiger charge is -2.32. The highest BCUT2D eigenvalue weighted by Crippen LogP contribution is 2.25. The minimum Gasteiger partial charge on any atom is -0.497 e. The third-order valence-corrected chi connectivity index (χ3v) is 4.56. The molecular weight excluding hydrogens is 292 g/mol. The fourth-order valence-electron chi connectivity index (χ4n) is 3.15. The van der Waals surface area contributed by atoms with Gasteiger partial charge in [-0.2, -0.15) is 0 Å². The summed E-state index contributed by atoms with van der Waals surface area (Å²) in [6, 6.07) is 5.71. The third kappa shape index (κ3) is 4.86. The second kappa shape index (κ2) is 8.77. The number of benzene rings is 1. The average Bonchev–Trinajstić information content (AvgIpc) is 2.60. The molecule has 0 aromatic heterocycles. The largest absolute Gasteiger partial charge is 0.497 e. The molecule has 0 atom stereocenters. The molecule has 5 nitrogen and oxygen atoms in total. The molecule has 1 N–H and O–H groups in total. The number of hydrogen-bond acceptors (Lipinski definition) is 4. The molecule has 1 amide bonds. The highest BCUT2D eigenvalue weighted by molar-refractivity contribution is 5.76. The average molecular weight is 320 g/mol. The third-order valence-electron chi connectivity index (χ3n) is 4.56. The van der Waals surface area contributed by atoms with E-state index in [2.05, 4.69) is 5.32 Å². The number of nitrogens with one attached hydrogen (secondary N) is 1. The lowest BCUT2D eigenvalue weighted by Crippen LogP contribution is -2.40. The van der Waals surface area contributed by atoms with Crippen LogP contribution >= 0.6 is 0 Å². The van der Waals surface area contributed by atoms with Gasteiger partial charge in [-0.15, -0.1) is 0 Å². The zero-order valence-electron chi connectivity index (χ0n) is 14.4. The van der Waals surface area contributed by atoms with Crippen LogP contribution in [0.2, 0.25) is 0 Å². The molecule has 1 heterocycles. The van der Waals surface area contributed by atoms with E-state index in [-0.39, 0.29) is 5.91 Å². The van der Waals surface area contributed by atoms with Gasteiger partial charge in [0.15, 0.2) is 0 Å². The van der Waals surface area contributed by atoms with Crippen LogP contribution < -0.4 is 14.8 Å². The molecule has 0 unspecified atom stereocenters. The number of piperidine rings is 1. The summed E-state index contributed by atoms with van der Waals surface area (Å²) in [4.78, 5) is 14.4. The van der Waals surface area contributed by atoms with Crippen molar-refractivity contribution in [3.05, 3.63) is 23.8 Å². The van der Waals surface area contributed by atoms with Crippen LogP contribution in [0.1, 0.15) is 24.8 Å². The van der Waals surface area contributed by atoms with E-state index in [4.69, 9.17) is 9.47 Å². The minimum absolute atomic E-state index is 0.234. The molecular formula is C18H28N2O3. The number of carbonyl (C=O) groups is 1. The lowest BCUT2D eigenvalue weighted by atomic mass is 9.96. The first-order chi connectivity index (χ1) is 11.2. The first-order valence-corrected chi connectivity index (χ1v) is 8.31. The monoisotopic (exact) mass is 320 g/mol. The number of ether oxygens (including phenoxy) is 2. The summed E-state index contributed by atoms with van der Waals surface area (Å²) in [5.41, 5.74) is 1.02. The Bertz CT molecular complexity index is 511. The summed E-state index contributed by atoms with van der Waals surface area (Å²) >= 11 is 0. The Kier molecular flexibility index (Phi) is 6.71. The van der Waals surface area contributed by atoms with Gasteiger partial charge in [0.2, 0.25) is 5.91 Å². The molecule has 1 aliphatic rings. The van der Waals surface area contributed by atoms with E-state index < -0.39 is 0 Å². The molecule has 1 aliphatic heterocycles. The van der Waals surface area contributed by atoms with Gasteiger partial charge in [-0.1, -0.05) is 0 Å². The van der Waals surface area contributed by atoms with Crippen molar-refractivity contribution in [3.63, 3.8) is 0 Å². The molecule has 0 spiro atoms. The van der Waals surface area contributed by atoms with E-state index >= 15 is 0 Å². The Labute approximate surface area is 139 Å². The predicted octanol–water partition coefficient (Wildman–Crippen LogP) is 2.09. The van der Waals surface area contributed by atoms with E-state index in [0.29, 0.717) is 18.8 Å². The fourth-order valence-corrected chi connectivity index (χ4v) is 3.15. The van der Waals surface area contributed by atoms with Gasteiger partial charge in [-0.25, -0.2) is 0 Å². The topological polar surface area (TPSA) is 50.8 Å². The highest BCUT2D eigenvalue weighted by atomic mass is 16.5. The van der Waals surface area contributed by atoms with Crippen LogP contribution in [0.25, 0.3) is 0 Å². The van der Waals surface area contributed by atoms with Crippen molar-refractivity contribution < 1.29 is 14.3 Å². The Morgan fingerprint density at radius 2 is 2.00 bits per heavy atom. The molecule has 1 saturated heterocycles. The Hall–Kier alpha value is -1.75. The van der Waals surface area contributed by atoms with Crippen LogP contribution in [0, 0.1) is 5.92 Å². The molecule has 0 bridgehead atoms. The standard InChI is InChI=1S/C18H28N2O3/c1-19-13-14-8-10-20(11-9-14)18(21)7-4-15-12-16(22-2)5-6-17(15)23-3/h5-6,12,14,19H,4,7-11,13H2,1-3H3. The highest BCUT2D eigenvalue weighted by Gasteiger charge is 2.22. The van der Waals surface area contributed by atoms with Crippen LogP contribution in [0.5, 0.6) is 11.5 Å². The number of amides is 1. The first-order valence-electron chi connectivity index (χ1n) is 8.31. The molecule has 1 fully saturated rings. The van der Waals surface area contributed by atoms with Crippen molar-refractivity contribution >= 4 is 5.91 Å². The predicted molar refractivity (Wildman–Crippen MR) is 91.1 cm³/mol. The van der Waals surface area contributed by atoms with Crippen LogP contribution in [0.4, 0.5) is 0 Å². The van der Waals surface area contributed by atoms with Crippen molar-refractivity contribution in [2.45, 2.75) is 25.7 Å². The van der Waals surface area contributed by atoms with Gasteiger partial charge in [0, 0.05) is 19.5 Å². The number of aryl methyl sites for hydroxylation is 1.